The van der Waals surface area contributed by atoms with E-state index in [1.807, 2.05) is 0 Å². The lowest BCUT2D eigenvalue weighted by atomic mass is 10.1. The zero-order valence-corrected chi connectivity index (χ0v) is 10.0. The molecule has 0 aromatic carbocycles. The molecule has 0 saturated carbocycles. The zero-order valence-electron chi connectivity index (χ0n) is 10.0. The second-order valence-electron chi connectivity index (χ2n) is 5.68. The van der Waals surface area contributed by atoms with Gasteiger partial charge in [0.15, 0.2) is 0 Å². The standard InChI is InChI=1S/C12H22N4/c1-3-13-4-2-6-15-8-10-16-9-7-14(5-1)11(13)12(15)16/h11-12H,1-10H2/t11-,12+/m0/s1. The van der Waals surface area contributed by atoms with Gasteiger partial charge in [0, 0.05) is 52.4 Å². The van der Waals surface area contributed by atoms with Gasteiger partial charge in [0.05, 0.1) is 12.3 Å². The number of rotatable bonds is 0. The van der Waals surface area contributed by atoms with Crippen molar-refractivity contribution in [2.24, 2.45) is 0 Å². The summed E-state index contributed by atoms with van der Waals surface area (Å²) in [6, 6.07) is 0. The maximum Gasteiger partial charge on any atom is 0.0922 e. The van der Waals surface area contributed by atoms with Crippen molar-refractivity contribution in [2.75, 3.05) is 52.4 Å². The molecule has 0 radical (unpaired) electrons. The minimum Gasteiger partial charge on any atom is -0.285 e. The van der Waals surface area contributed by atoms with E-state index in [2.05, 4.69) is 19.6 Å². The van der Waals surface area contributed by atoms with Crippen LogP contribution in [0.25, 0.3) is 0 Å². The number of piperazine rings is 1. The molecule has 0 N–H and O–H groups in total. The molecule has 0 aliphatic carbocycles. The average molecular weight is 222 g/mol. The van der Waals surface area contributed by atoms with Crippen LogP contribution in [0.2, 0.25) is 0 Å². The predicted molar refractivity (Wildman–Crippen MR) is 63.1 cm³/mol. The van der Waals surface area contributed by atoms with Crippen molar-refractivity contribution < 1.29 is 0 Å². The van der Waals surface area contributed by atoms with Crippen LogP contribution in [-0.4, -0.2) is 84.3 Å². The predicted octanol–water partition coefficient (Wildman–Crippen LogP) is -0.319. The monoisotopic (exact) mass is 222 g/mol. The molecule has 0 unspecified atom stereocenters. The molecule has 2 atom stereocenters. The smallest absolute Gasteiger partial charge is 0.0922 e. The van der Waals surface area contributed by atoms with Crippen molar-refractivity contribution in [3.8, 4) is 0 Å². The van der Waals surface area contributed by atoms with Gasteiger partial charge in [0.25, 0.3) is 0 Å². The van der Waals surface area contributed by atoms with E-state index in [1.54, 1.807) is 0 Å². The van der Waals surface area contributed by atoms with Crippen molar-refractivity contribution in [3.05, 3.63) is 0 Å². The van der Waals surface area contributed by atoms with E-state index >= 15 is 0 Å². The first-order valence-electron chi connectivity index (χ1n) is 6.90. The maximum atomic E-state index is 2.76. The molecular weight excluding hydrogens is 200 g/mol. The van der Waals surface area contributed by atoms with Crippen LogP contribution >= 0.6 is 0 Å². The van der Waals surface area contributed by atoms with E-state index in [4.69, 9.17) is 0 Å². The first kappa shape index (κ1) is 9.83. The van der Waals surface area contributed by atoms with Crippen molar-refractivity contribution >= 4 is 0 Å². The summed E-state index contributed by atoms with van der Waals surface area (Å²) in [5.41, 5.74) is 0. The highest BCUT2D eigenvalue weighted by molar-refractivity contribution is 4.99. The fourth-order valence-corrected chi connectivity index (χ4v) is 4.19. The molecule has 4 heteroatoms. The van der Waals surface area contributed by atoms with Gasteiger partial charge >= 0.3 is 0 Å². The number of nitrogens with zero attached hydrogens (tertiary/aromatic N) is 4. The van der Waals surface area contributed by atoms with E-state index in [9.17, 15) is 0 Å². The van der Waals surface area contributed by atoms with Gasteiger partial charge in [-0.3, -0.25) is 19.6 Å². The Labute approximate surface area is 97.8 Å². The molecule has 0 bridgehead atoms. The lowest BCUT2D eigenvalue weighted by Gasteiger charge is -2.52. The summed E-state index contributed by atoms with van der Waals surface area (Å²) >= 11 is 0. The molecule has 16 heavy (non-hydrogen) atoms. The fourth-order valence-electron chi connectivity index (χ4n) is 4.19. The van der Waals surface area contributed by atoms with Gasteiger partial charge in [-0.25, -0.2) is 0 Å². The molecule has 4 nitrogen and oxygen atoms in total. The molecule has 0 amide bonds. The SMILES string of the molecule is C1CN2CCCN3CCN4CCN(C1)[C@H]4[C@@H]23. The minimum atomic E-state index is 0.715. The number of hydrogen-bond acceptors (Lipinski definition) is 4. The molecule has 4 aliphatic heterocycles. The second-order valence-corrected chi connectivity index (χ2v) is 5.68. The molecule has 4 fully saturated rings. The van der Waals surface area contributed by atoms with E-state index in [-0.39, 0.29) is 0 Å². The summed E-state index contributed by atoms with van der Waals surface area (Å²) in [6.07, 6.45) is 4.18. The lowest BCUT2D eigenvalue weighted by Crippen LogP contribution is -2.68. The molecule has 0 spiro atoms. The third kappa shape index (κ3) is 1.30. The third-order valence-corrected chi connectivity index (χ3v) is 4.89. The summed E-state index contributed by atoms with van der Waals surface area (Å²) in [5.74, 6) is 0. The Morgan fingerprint density at radius 3 is 1.19 bits per heavy atom. The highest BCUT2D eigenvalue weighted by Crippen LogP contribution is 2.31. The van der Waals surface area contributed by atoms with Crippen LogP contribution in [0.15, 0.2) is 0 Å². The second kappa shape index (κ2) is 3.67. The van der Waals surface area contributed by atoms with E-state index in [0.717, 1.165) is 6.17 Å². The van der Waals surface area contributed by atoms with Gasteiger partial charge in [-0.2, -0.15) is 0 Å². The van der Waals surface area contributed by atoms with Gasteiger partial charge < -0.3 is 0 Å². The topological polar surface area (TPSA) is 13.0 Å². The van der Waals surface area contributed by atoms with Crippen LogP contribution in [0.3, 0.4) is 0 Å². The zero-order chi connectivity index (χ0) is 10.5. The van der Waals surface area contributed by atoms with Crippen molar-refractivity contribution in [1.82, 2.24) is 19.6 Å². The Balaban J connectivity index is 1.70. The van der Waals surface area contributed by atoms with Crippen LogP contribution in [0.1, 0.15) is 12.8 Å². The van der Waals surface area contributed by atoms with E-state index in [1.165, 1.54) is 65.2 Å². The molecule has 4 aliphatic rings. The van der Waals surface area contributed by atoms with Crippen LogP contribution in [0.4, 0.5) is 0 Å². The van der Waals surface area contributed by atoms with Crippen molar-refractivity contribution in [3.63, 3.8) is 0 Å². The summed E-state index contributed by atoms with van der Waals surface area (Å²) in [6.45, 7) is 10.5. The quantitative estimate of drug-likeness (QED) is 0.557. The average Bonchev–Trinajstić information content (AvgIpc) is 2.64. The van der Waals surface area contributed by atoms with E-state index in [0.29, 0.717) is 6.17 Å². The molecular formula is C12H22N4. The van der Waals surface area contributed by atoms with Gasteiger partial charge in [0.2, 0.25) is 0 Å². The largest absolute Gasteiger partial charge is 0.285 e. The van der Waals surface area contributed by atoms with Crippen LogP contribution in [-0.2, 0) is 0 Å². The Kier molecular flexibility index (Phi) is 2.25. The molecule has 4 saturated heterocycles. The highest BCUT2D eigenvalue weighted by Gasteiger charge is 2.48. The normalized spacial score (nSPS) is 42.0. The van der Waals surface area contributed by atoms with Crippen LogP contribution in [0, 0.1) is 0 Å². The molecule has 0 aromatic heterocycles. The third-order valence-electron chi connectivity index (χ3n) is 4.89. The molecule has 4 rings (SSSR count). The van der Waals surface area contributed by atoms with Gasteiger partial charge in [-0.1, -0.05) is 0 Å². The first-order valence-corrected chi connectivity index (χ1v) is 6.90. The van der Waals surface area contributed by atoms with E-state index < -0.39 is 0 Å². The van der Waals surface area contributed by atoms with Crippen molar-refractivity contribution in [1.29, 1.82) is 0 Å². The molecule has 4 heterocycles. The first-order chi connectivity index (χ1) is 7.93. The lowest BCUT2D eigenvalue weighted by molar-refractivity contribution is -0.0963. The fraction of sp³-hybridized carbons (Fsp3) is 1.00. The Hall–Kier alpha value is -0.160. The minimum absolute atomic E-state index is 0.715. The van der Waals surface area contributed by atoms with Crippen LogP contribution < -0.4 is 0 Å². The highest BCUT2D eigenvalue weighted by atomic mass is 15.5. The summed E-state index contributed by atoms with van der Waals surface area (Å²) in [5, 5.41) is 0. The molecule has 0 aromatic rings. The summed E-state index contributed by atoms with van der Waals surface area (Å²) in [7, 11) is 0. The Morgan fingerprint density at radius 2 is 0.750 bits per heavy atom. The maximum absolute atomic E-state index is 2.76. The van der Waals surface area contributed by atoms with Crippen LogP contribution in [0.5, 0.6) is 0 Å². The summed E-state index contributed by atoms with van der Waals surface area (Å²) < 4.78 is 0. The Morgan fingerprint density at radius 1 is 0.438 bits per heavy atom. The number of hydrogen-bond donors (Lipinski definition) is 0. The summed E-state index contributed by atoms with van der Waals surface area (Å²) in [4.78, 5) is 11.0. The van der Waals surface area contributed by atoms with Crippen molar-refractivity contribution in [2.45, 2.75) is 25.2 Å². The van der Waals surface area contributed by atoms with Gasteiger partial charge in [-0.15, -0.1) is 0 Å². The van der Waals surface area contributed by atoms with Gasteiger partial charge in [0.1, 0.15) is 0 Å². The van der Waals surface area contributed by atoms with Gasteiger partial charge in [-0.05, 0) is 12.8 Å². The molecule has 90 valence electrons. The Bertz CT molecular complexity index is 282.